The quantitative estimate of drug-likeness (QED) is 0.806. The molecule has 3 heteroatoms. The molecular formula is C14H29N3. The average molecular weight is 239 g/mol. The van der Waals surface area contributed by atoms with Gasteiger partial charge in [0.05, 0.1) is 0 Å². The van der Waals surface area contributed by atoms with Crippen LogP contribution in [-0.4, -0.2) is 61.7 Å². The van der Waals surface area contributed by atoms with Crippen LogP contribution in [0.15, 0.2) is 0 Å². The summed E-state index contributed by atoms with van der Waals surface area (Å²) in [7, 11) is 2.24. The number of rotatable bonds is 3. The van der Waals surface area contributed by atoms with Crippen LogP contribution in [0.3, 0.4) is 0 Å². The van der Waals surface area contributed by atoms with E-state index >= 15 is 0 Å². The van der Waals surface area contributed by atoms with E-state index in [1.165, 1.54) is 64.8 Å². The second-order valence-electron chi connectivity index (χ2n) is 5.81. The molecule has 0 aliphatic carbocycles. The molecule has 2 fully saturated rings. The summed E-state index contributed by atoms with van der Waals surface area (Å²) in [5, 5.41) is 3.91. The van der Waals surface area contributed by atoms with Crippen LogP contribution in [0.2, 0.25) is 0 Å². The molecule has 3 nitrogen and oxygen atoms in total. The lowest BCUT2D eigenvalue weighted by molar-refractivity contribution is 0.219. The molecule has 2 aliphatic rings. The van der Waals surface area contributed by atoms with Crippen molar-refractivity contribution in [2.24, 2.45) is 0 Å². The number of hydrogen-bond donors (Lipinski definition) is 1. The molecule has 0 bridgehead atoms. The molecule has 2 heterocycles. The number of nitrogens with zero attached hydrogens (tertiary/aromatic N) is 2. The van der Waals surface area contributed by atoms with Crippen molar-refractivity contribution in [2.45, 2.75) is 51.1 Å². The van der Waals surface area contributed by atoms with Crippen LogP contribution >= 0.6 is 0 Å². The van der Waals surface area contributed by atoms with Gasteiger partial charge in [-0.05, 0) is 71.9 Å². The molecule has 17 heavy (non-hydrogen) atoms. The predicted molar refractivity (Wildman–Crippen MR) is 73.4 cm³/mol. The van der Waals surface area contributed by atoms with Crippen LogP contribution in [0, 0.1) is 0 Å². The topological polar surface area (TPSA) is 18.5 Å². The number of likely N-dealkylation sites (tertiary alicyclic amines) is 2. The largest absolute Gasteiger partial charge is 0.311 e. The maximum absolute atomic E-state index is 3.91. The molecule has 1 atom stereocenters. The summed E-state index contributed by atoms with van der Waals surface area (Å²) in [6.45, 7) is 8.64. The molecule has 0 saturated carbocycles. The molecule has 2 saturated heterocycles. The van der Waals surface area contributed by atoms with E-state index in [0.29, 0.717) is 0 Å². The second-order valence-corrected chi connectivity index (χ2v) is 5.81. The van der Waals surface area contributed by atoms with Gasteiger partial charge in [-0.15, -0.1) is 0 Å². The molecule has 2 aliphatic heterocycles. The lowest BCUT2D eigenvalue weighted by Crippen LogP contribution is -2.45. The highest BCUT2D eigenvalue weighted by Crippen LogP contribution is 2.15. The van der Waals surface area contributed by atoms with Gasteiger partial charge in [-0.2, -0.15) is 0 Å². The van der Waals surface area contributed by atoms with Crippen molar-refractivity contribution in [2.75, 3.05) is 39.8 Å². The zero-order chi connectivity index (χ0) is 12.1. The summed E-state index contributed by atoms with van der Waals surface area (Å²) in [5.41, 5.74) is 0. The van der Waals surface area contributed by atoms with Crippen molar-refractivity contribution in [1.82, 2.24) is 15.1 Å². The molecule has 0 radical (unpaired) electrons. The van der Waals surface area contributed by atoms with Crippen molar-refractivity contribution in [3.8, 4) is 0 Å². The third-order valence-corrected chi connectivity index (χ3v) is 4.46. The lowest BCUT2D eigenvalue weighted by Gasteiger charge is -2.32. The Kier molecular flexibility index (Phi) is 5.26. The molecule has 1 N–H and O–H groups in total. The molecule has 100 valence electrons. The Morgan fingerprint density at radius 3 is 2.29 bits per heavy atom. The van der Waals surface area contributed by atoms with E-state index in [1.54, 1.807) is 0 Å². The zero-order valence-electron chi connectivity index (χ0n) is 11.6. The van der Waals surface area contributed by atoms with Crippen molar-refractivity contribution in [3.63, 3.8) is 0 Å². The summed E-state index contributed by atoms with van der Waals surface area (Å²) in [6.07, 6.45) is 6.77. The Morgan fingerprint density at radius 2 is 1.59 bits per heavy atom. The normalized spacial score (nSPS) is 30.4. The van der Waals surface area contributed by atoms with Crippen molar-refractivity contribution in [3.05, 3.63) is 0 Å². The van der Waals surface area contributed by atoms with Gasteiger partial charge in [-0.3, -0.25) is 0 Å². The Labute approximate surface area is 107 Å². The maximum atomic E-state index is 3.91. The molecule has 1 unspecified atom stereocenters. The van der Waals surface area contributed by atoms with Gasteiger partial charge in [0.15, 0.2) is 0 Å². The summed E-state index contributed by atoms with van der Waals surface area (Å²) in [4.78, 5) is 5.04. The summed E-state index contributed by atoms with van der Waals surface area (Å²) in [6, 6.07) is 1.56. The average Bonchev–Trinajstić information content (AvgIpc) is 2.57. The highest BCUT2D eigenvalue weighted by atomic mass is 15.1. The minimum absolute atomic E-state index is 0.778. The first-order chi connectivity index (χ1) is 8.28. The molecule has 2 rings (SSSR count). The van der Waals surface area contributed by atoms with Crippen molar-refractivity contribution < 1.29 is 0 Å². The van der Waals surface area contributed by atoms with Crippen LogP contribution in [-0.2, 0) is 0 Å². The lowest BCUT2D eigenvalue weighted by atomic mass is 10.0. The van der Waals surface area contributed by atoms with Gasteiger partial charge >= 0.3 is 0 Å². The molecule has 0 aromatic rings. The fourth-order valence-electron chi connectivity index (χ4n) is 3.15. The van der Waals surface area contributed by atoms with E-state index in [2.05, 4.69) is 29.1 Å². The first kappa shape index (κ1) is 13.3. The first-order valence-electron chi connectivity index (χ1n) is 7.45. The van der Waals surface area contributed by atoms with Crippen molar-refractivity contribution in [1.29, 1.82) is 0 Å². The van der Waals surface area contributed by atoms with Crippen LogP contribution < -0.4 is 5.32 Å². The highest BCUT2D eigenvalue weighted by Gasteiger charge is 2.21. The molecule has 0 spiro atoms. The van der Waals surface area contributed by atoms with E-state index in [9.17, 15) is 0 Å². The van der Waals surface area contributed by atoms with E-state index in [1.807, 2.05) is 0 Å². The Morgan fingerprint density at radius 1 is 0.941 bits per heavy atom. The van der Waals surface area contributed by atoms with Gasteiger partial charge in [0, 0.05) is 12.1 Å². The van der Waals surface area contributed by atoms with Gasteiger partial charge in [0.25, 0.3) is 0 Å². The smallest absolute Gasteiger partial charge is 0.00940 e. The SMILES string of the molecule is CCN1CCCC(NC2CCN(C)CC2)CC1. The third kappa shape index (κ3) is 4.23. The van der Waals surface area contributed by atoms with Crippen LogP contribution in [0.4, 0.5) is 0 Å². The predicted octanol–water partition coefficient (Wildman–Crippen LogP) is 1.54. The molecule has 0 aromatic carbocycles. The van der Waals surface area contributed by atoms with Gasteiger partial charge in [0.1, 0.15) is 0 Å². The van der Waals surface area contributed by atoms with E-state index in [-0.39, 0.29) is 0 Å². The summed E-state index contributed by atoms with van der Waals surface area (Å²) < 4.78 is 0. The first-order valence-corrected chi connectivity index (χ1v) is 7.45. The second kappa shape index (κ2) is 6.72. The van der Waals surface area contributed by atoms with Crippen molar-refractivity contribution >= 4 is 0 Å². The van der Waals surface area contributed by atoms with Crippen LogP contribution in [0.5, 0.6) is 0 Å². The Hall–Kier alpha value is -0.120. The summed E-state index contributed by atoms with van der Waals surface area (Å²) in [5.74, 6) is 0. The van der Waals surface area contributed by atoms with E-state index in [0.717, 1.165) is 12.1 Å². The monoisotopic (exact) mass is 239 g/mol. The van der Waals surface area contributed by atoms with Gasteiger partial charge in [-0.1, -0.05) is 6.92 Å². The number of nitrogens with one attached hydrogen (secondary N) is 1. The minimum Gasteiger partial charge on any atom is -0.311 e. The minimum atomic E-state index is 0.778. The Bertz CT molecular complexity index is 212. The Balaban J connectivity index is 1.71. The van der Waals surface area contributed by atoms with Gasteiger partial charge < -0.3 is 15.1 Å². The number of piperidine rings is 1. The number of hydrogen-bond acceptors (Lipinski definition) is 3. The highest BCUT2D eigenvalue weighted by molar-refractivity contribution is 4.82. The van der Waals surface area contributed by atoms with E-state index in [4.69, 9.17) is 0 Å². The summed E-state index contributed by atoms with van der Waals surface area (Å²) >= 11 is 0. The molecular weight excluding hydrogens is 210 g/mol. The van der Waals surface area contributed by atoms with Crippen LogP contribution in [0.25, 0.3) is 0 Å². The van der Waals surface area contributed by atoms with Gasteiger partial charge in [-0.25, -0.2) is 0 Å². The zero-order valence-corrected chi connectivity index (χ0v) is 11.6. The fraction of sp³-hybridized carbons (Fsp3) is 1.00. The maximum Gasteiger partial charge on any atom is 0.00940 e. The molecule has 0 amide bonds. The van der Waals surface area contributed by atoms with Gasteiger partial charge in [0.2, 0.25) is 0 Å². The van der Waals surface area contributed by atoms with Crippen LogP contribution in [0.1, 0.15) is 39.0 Å². The third-order valence-electron chi connectivity index (χ3n) is 4.46. The molecule has 0 aromatic heterocycles. The van der Waals surface area contributed by atoms with E-state index < -0.39 is 0 Å². The standard InChI is InChI=1S/C14H29N3/c1-3-17-9-4-5-13(8-12-17)15-14-6-10-16(2)11-7-14/h13-15H,3-12H2,1-2H3. The fourth-order valence-corrected chi connectivity index (χ4v) is 3.15.